The van der Waals surface area contributed by atoms with Gasteiger partial charge >= 0.3 is 0 Å². The minimum Gasteiger partial charge on any atom is -0.470 e. The quantitative estimate of drug-likeness (QED) is 0.488. The lowest BCUT2D eigenvalue weighted by Crippen LogP contribution is -2.41. The SMILES string of the molecule is CN(CCO)CCOC(=S)N[C@H]1CS(=O)(=O)C[C@@H]1Cl. The van der Waals surface area contributed by atoms with E-state index in [0.29, 0.717) is 19.7 Å². The molecule has 2 atom stereocenters. The van der Waals surface area contributed by atoms with Crippen molar-refractivity contribution in [3.05, 3.63) is 0 Å². The number of thiocarbonyl (C=S) groups is 1. The summed E-state index contributed by atoms with van der Waals surface area (Å²) in [4.78, 5) is 1.90. The van der Waals surface area contributed by atoms with Crippen LogP contribution in [0.5, 0.6) is 0 Å². The van der Waals surface area contributed by atoms with Crippen LogP contribution in [0.15, 0.2) is 0 Å². The van der Waals surface area contributed by atoms with Gasteiger partial charge in [0.25, 0.3) is 5.17 Å². The Morgan fingerprint density at radius 2 is 2.21 bits per heavy atom. The van der Waals surface area contributed by atoms with Crippen LogP contribution in [0.3, 0.4) is 0 Å². The van der Waals surface area contributed by atoms with Gasteiger partial charge in [-0.15, -0.1) is 11.6 Å². The van der Waals surface area contributed by atoms with E-state index in [1.165, 1.54) is 0 Å². The lowest BCUT2D eigenvalue weighted by Gasteiger charge is -2.19. The van der Waals surface area contributed by atoms with Gasteiger partial charge in [-0.05, 0) is 19.3 Å². The van der Waals surface area contributed by atoms with Crippen molar-refractivity contribution in [2.24, 2.45) is 0 Å². The number of nitrogens with one attached hydrogen (secondary N) is 1. The van der Waals surface area contributed by atoms with E-state index in [-0.39, 0.29) is 23.3 Å². The first-order chi connectivity index (χ1) is 8.84. The van der Waals surface area contributed by atoms with E-state index in [1.807, 2.05) is 11.9 Å². The zero-order valence-corrected chi connectivity index (χ0v) is 13.1. The van der Waals surface area contributed by atoms with Crippen LogP contribution >= 0.6 is 23.8 Å². The summed E-state index contributed by atoms with van der Waals surface area (Å²) in [5.41, 5.74) is 0. The number of hydrogen-bond acceptors (Lipinski definition) is 6. The van der Waals surface area contributed by atoms with Crippen molar-refractivity contribution in [2.45, 2.75) is 11.4 Å². The van der Waals surface area contributed by atoms with Crippen LogP contribution in [0.4, 0.5) is 0 Å². The largest absolute Gasteiger partial charge is 0.470 e. The molecule has 1 heterocycles. The number of halogens is 1. The van der Waals surface area contributed by atoms with Gasteiger partial charge < -0.3 is 20.1 Å². The number of alkyl halides is 1. The molecule has 0 aromatic heterocycles. The van der Waals surface area contributed by atoms with E-state index in [4.69, 9.17) is 33.7 Å². The molecule has 6 nitrogen and oxygen atoms in total. The predicted octanol–water partition coefficient (Wildman–Crippen LogP) is -0.794. The Labute approximate surface area is 124 Å². The van der Waals surface area contributed by atoms with E-state index in [2.05, 4.69) is 5.32 Å². The fourth-order valence-electron chi connectivity index (χ4n) is 1.71. The molecule has 0 radical (unpaired) electrons. The average molecular weight is 331 g/mol. The zero-order chi connectivity index (χ0) is 14.5. The highest BCUT2D eigenvalue weighted by atomic mass is 35.5. The van der Waals surface area contributed by atoms with Crippen molar-refractivity contribution >= 4 is 38.8 Å². The Balaban J connectivity index is 2.25. The molecule has 1 rings (SSSR count). The molecule has 1 aliphatic heterocycles. The molecule has 1 saturated heterocycles. The van der Waals surface area contributed by atoms with Gasteiger partial charge in [-0.1, -0.05) is 0 Å². The monoisotopic (exact) mass is 330 g/mol. The van der Waals surface area contributed by atoms with Crippen LogP contribution < -0.4 is 5.32 Å². The zero-order valence-electron chi connectivity index (χ0n) is 10.7. The smallest absolute Gasteiger partial charge is 0.256 e. The number of sulfone groups is 1. The van der Waals surface area contributed by atoms with E-state index >= 15 is 0 Å². The molecule has 0 spiro atoms. The fraction of sp³-hybridized carbons (Fsp3) is 0.900. The second-order valence-electron chi connectivity index (χ2n) is 4.51. The summed E-state index contributed by atoms with van der Waals surface area (Å²) in [5, 5.41) is 11.2. The van der Waals surface area contributed by atoms with Gasteiger partial charge in [0, 0.05) is 13.1 Å². The Morgan fingerprint density at radius 1 is 1.53 bits per heavy atom. The second kappa shape index (κ2) is 7.58. The maximum Gasteiger partial charge on any atom is 0.256 e. The normalized spacial score (nSPS) is 25.5. The summed E-state index contributed by atoms with van der Waals surface area (Å²) in [7, 11) is -1.22. The van der Waals surface area contributed by atoms with Crippen LogP contribution in [0.2, 0.25) is 0 Å². The fourth-order valence-corrected chi connectivity index (χ4v) is 4.49. The van der Waals surface area contributed by atoms with Gasteiger partial charge in [0.1, 0.15) is 6.61 Å². The summed E-state index contributed by atoms with van der Waals surface area (Å²) in [5.74, 6) is -0.0524. The van der Waals surface area contributed by atoms with Crippen LogP contribution in [-0.2, 0) is 14.6 Å². The van der Waals surface area contributed by atoms with E-state index in [0.717, 1.165) is 0 Å². The molecule has 0 saturated carbocycles. The topological polar surface area (TPSA) is 78.9 Å². The molecule has 0 aliphatic carbocycles. The summed E-state index contributed by atoms with van der Waals surface area (Å²) < 4.78 is 28.0. The number of ether oxygens (including phenoxy) is 1. The Morgan fingerprint density at radius 3 is 2.74 bits per heavy atom. The van der Waals surface area contributed by atoms with E-state index < -0.39 is 21.3 Å². The summed E-state index contributed by atoms with van der Waals surface area (Å²) in [6, 6.07) is -0.394. The molecule has 0 bridgehead atoms. The van der Waals surface area contributed by atoms with Crippen molar-refractivity contribution in [1.29, 1.82) is 0 Å². The maximum atomic E-state index is 11.4. The molecule has 19 heavy (non-hydrogen) atoms. The Kier molecular flexibility index (Phi) is 6.75. The number of aliphatic hydroxyl groups is 1. The van der Waals surface area contributed by atoms with Gasteiger partial charge in [-0.2, -0.15) is 0 Å². The number of hydrogen-bond donors (Lipinski definition) is 2. The van der Waals surface area contributed by atoms with Crippen molar-refractivity contribution in [1.82, 2.24) is 10.2 Å². The first kappa shape index (κ1) is 16.9. The molecule has 1 aliphatic rings. The molecular weight excluding hydrogens is 312 g/mol. The van der Waals surface area contributed by atoms with E-state index in [1.54, 1.807) is 0 Å². The summed E-state index contributed by atoms with van der Waals surface area (Å²) in [6.45, 7) is 1.64. The number of aliphatic hydroxyl groups excluding tert-OH is 1. The number of likely N-dealkylation sites (N-methyl/N-ethyl adjacent to an activating group) is 1. The lowest BCUT2D eigenvalue weighted by atomic mass is 10.3. The molecular formula is C10H19ClN2O4S2. The van der Waals surface area contributed by atoms with Crippen LogP contribution in [0.1, 0.15) is 0 Å². The second-order valence-corrected chi connectivity index (χ2v) is 7.59. The molecule has 112 valence electrons. The average Bonchev–Trinajstić information content (AvgIpc) is 2.52. The molecule has 2 N–H and O–H groups in total. The van der Waals surface area contributed by atoms with Crippen molar-refractivity contribution in [3.8, 4) is 0 Å². The lowest BCUT2D eigenvalue weighted by molar-refractivity contribution is 0.187. The first-order valence-corrected chi connectivity index (χ1v) is 8.58. The number of nitrogens with zero attached hydrogens (tertiary/aromatic N) is 1. The Bertz CT molecular complexity index is 404. The standard InChI is InChI=1S/C10H19ClN2O4S2/c1-13(2-4-14)3-5-17-10(18)12-9-7-19(15,16)6-8(9)11/h8-9,14H,2-7H2,1H3,(H,12,18)/t8-,9-/m0/s1. The van der Waals surface area contributed by atoms with Crippen molar-refractivity contribution < 1.29 is 18.3 Å². The molecule has 0 amide bonds. The minimum atomic E-state index is -3.08. The molecule has 1 fully saturated rings. The van der Waals surface area contributed by atoms with Crippen molar-refractivity contribution in [3.63, 3.8) is 0 Å². The minimum absolute atomic E-state index is 0.0188. The van der Waals surface area contributed by atoms with E-state index in [9.17, 15) is 8.42 Å². The third-order valence-corrected chi connectivity index (χ3v) is 5.39. The van der Waals surface area contributed by atoms with Gasteiger partial charge in [0.2, 0.25) is 0 Å². The summed E-state index contributed by atoms with van der Waals surface area (Å²) in [6.07, 6.45) is 0. The van der Waals surface area contributed by atoms with Gasteiger partial charge in [-0.3, -0.25) is 0 Å². The Hall–Kier alpha value is -0.150. The van der Waals surface area contributed by atoms with Gasteiger partial charge in [0.05, 0.1) is 29.5 Å². The third-order valence-electron chi connectivity index (χ3n) is 2.77. The van der Waals surface area contributed by atoms with Crippen molar-refractivity contribution in [2.75, 3.05) is 44.9 Å². The van der Waals surface area contributed by atoms with Gasteiger partial charge in [-0.25, -0.2) is 8.42 Å². The molecule has 9 heteroatoms. The van der Waals surface area contributed by atoms with Crippen LogP contribution in [0.25, 0.3) is 0 Å². The molecule has 0 aromatic carbocycles. The predicted molar refractivity (Wildman–Crippen MR) is 78.4 cm³/mol. The number of rotatable bonds is 6. The highest BCUT2D eigenvalue weighted by Gasteiger charge is 2.36. The third kappa shape index (κ3) is 6.22. The highest BCUT2D eigenvalue weighted by Crippen LogP contribution is 2.17. The highest BCUT2D eigenvalue weighted by molar-refractivity contribution is 7.91. The molecule has 0 aromatic rings. The first-order valence-electron chi connectivity index (χ1n) is 5.91. The van der Waals surface area contributed by atoms with Crippen LogP contribution in [0, 0.1) is 0 Å². The molecule has 0 unspecified atom stereocenters. The maximum absolute atomic E-state index is 11.4. The summed E-state index contributed by atoms with van der Waals surface area (Å²) >= 11 is 10.9. The van der Waals surface area contributed by atoms with Crippen LogP contribution in [-0.4, -0.2) is 79.9 Å². The van der Waals surface area contributed by atoms with Gasteiger partial charge in [0.15, 0.2) is 9.84 Å².